The smallest absolute Gasteiger partial charge is 0.255 e. The molecule has 0 aromatic heterocycles. The number of nitrogens with one attached hydrogen (secondary N) is 1. The third-order valence-electron chi connectivity index (χ3n) is 7.83. The van der Waals surface area contributed by atoms with Crippen LogP contribution in [0.4, 0.5) is 0 Å². The Morgan fingerprint density at radius 1 is 1.19 bits per heavy atom. The van der Waals surface area contributed by atoms with Crippen LogP contribution in [0.15, 0.2) is 29.0 Å². The average Bonchev–Trinajstić information content (AvgIpc) is 2.82. The van der Waals surface area contributed by atoms with Gasteiger partial charge >= 0.3 is 0 Å². The Kier molecular flexibility index (Phi) is 6.93. The number of fused-ring (bicyclic) bond motifs is 3. The summed E-state index contributed by atoms with van der Waals surface area (Å²) in [5, 5.41) is 46.5. The van der Waals surface area contributed by atoms with Gasteiger partial charge in [0.2, 0.25) is 5.78 Å². The maximum absolute atomic E-state index is 13.9. The standard InChI is InChI=1S/C26H34N4O7/c1-5-28-30(6-2)11-12-7-8-16(31)18-14(12)9-13-10-15-20(29(3)4)22(33)19(25(27)36)24(35)26(15,37)23(34)17(13)21(18)32/h7-8,13,15,20,28,31-32,35,37H,5-6,9-11H2,1-4H3,(H2,27,36)/t13-,15-,20-,26-/m0/s1. The monoisotopic (exact) mass is 514 g/mol. The number of nitrogens with zero attached hydrogens (tertiary/aromatic N) is 2. The Balaban J connectivity index is 1.90. The largest absolute Gasteiger partial charge is 0.508 e. The Morgan fingerprint density at radius 3 is 2.43 bits per heavy atom. The highest BCUT2D eigenvalue weighted by atomic mass is 16.3. The number of phenols is 1. The number of amides is 1. The van der Waals surface area contributed by atoms with Crippen LogP contribution in [0.25, 0.3) is 5.76 Å². The van der Waals surface area contributed by atoms with Crippen molar-refractivity contribution >= 4 is 23.2 Å². The summed E-state index contributed by atoms with van der Waals surface area (Å²) in [6, 6.07) is 2.11. The maximum Gasteiger partial charge on any atom is 0.255 e. The van der Waals surface area contributed by atoms with Crippen molar-refractivity contribution in [1.82, 2.24) is 15.3 Å². The van der Waals surface area contributed by atoms with Crippen LogP contribution >= 0.6 is 0 Å². The lowest BCUT2D eigenvalue weighted by Crippen LogP contribution is -2.65. The fourth-order valence-electron chi connectivity index (χ4n) is 6.17. The van der Waals surface area contributed by atoms with Crippen molar-refractivity contribution in [3.63, 3.8) is 0 Å². The summed E-state index contributed by atoms with van der Waals surface area (Å²) < 4.78 is 0. The van der Waals surface area contributed by atoms with E-state index in [1.54, 1.807) is 20.2 Å². The van der Waals surface area contributed by atoms with Crippen molar-refractivity contribution in [3.05, 3.63) is 45.7 Å². The number of carbonyl (C=O) groups is 3. The van der Waals surface area contributed by atoms with Crippen LogP contribution in [0, 0.1) is 11.8 Å². The number of rotatable bonds is 7. The molecule has 1 aromatic carbocycles. The zero-order valence-electron chi connectivity index (χ0n) is 21.4. The van der Waals surface area contributed by atoms with E-state index in [4.69, 9.17) is 5.73 Å². The molecule has 3 aliphatic rings. The Bertz CT molecular complexity index is 1240. The summed E-state index contributed by atoms with van der Waals surface area (Å²) >= 11 is 0. The molecule has 200 valence electrons. The summed E-state index contributed by atoms with van der Waals surface area (Å²) in [5.41, 5.74) is 6.60. The number of carbonyl (C=O) groups excluding carboxylic acids is 3. The summed E-state index contributed by atoms with van der Waals surface area (Å²) in [7, 11) is 3.15. The predicted molar refractivity (Wildman–Crippen MR) is 134 cm³/mol. The van der Waals surface area contributed by atoms with Gasteiger partial charge in [-0.3, -0.25) is 24.7 Å². The lowest BCUT2D eigenvalue weighted by molar-refractivity contribution is -0.153. The molecule has 0 unspecified atom stereocenters. The van der Waals surface area contributed by atoms with Crippen molar-refractivity contribution in [2.45, 2.75) is 44.9 Å². The minimum atomic E-state index is -2.64. The molecule has 1 aromatic rings. The van der Waals surface area contributed by atoms with E-state index in [-0.39, 0.29) is 29.7 Å². The highest BCUT2D eigenvalue weighted by molar-refractivity contribution is 6.24. The molecule has 1 saturated carbocycles. The van der Waals surface area contributed by atoms with E-state index in [1.165, 1.54) is 11.0 Å². The summed E-state index contributed by atoms with van der Waals surface area (Å²) in [6.07, 6.45) is 0.327. The molecule has 4 rings (SSSR count). The number of phenolic OH excluding ortho intramolecular Hbond substituents is 1. The van der Waals surface area contributed by atoms with Crippen molar-refractivity contribution < 1.29 is 34.8 Å². The molecule has 1 fully saturated rings. The van der Waals surface area contributed by atoms with Crippen LogP contribution in [-0.2, 0) is 27.3 Å². The van der Waals surface area contributed by atoms with E-state index in [1.807, 2.05) is 18.9 Å². The third kappa shape index (κ3) is 3.93. The Labute approximate surface area is 214 Å². The van der Waals surface area contributed by atoms with Gasteiger partial charge in [0.1, 0.15) is 22.8 Å². The second-order valence-corrected chi connectivity index (χ2v) is 10.1. The fraction of sp³-hybridized carbons (Fsp3) is 0.500. The molecule has 1 amide bonds. The molecule has 0 heterocycles. The van der Waals surface area contributed by atoms with Gasteiger partial charge in [-0.2, -0.15) is 0 Å². The first-order valence-electron chi connectivity index (χ1n) is 12.4. The van der Waals surface area contributed by atoms with Crippen LogP contribution in [0.1, 0.15) is 37.0 Å². The van der Waals surface area contributed by atoms with E-state index in [9.17, 15) is 34.8 Å². The fourth-order valence-corrected chi connectivity index (χ4v) is 6.17. The van der Waals surface area contributed by atoms with Gasteiger partial charge < -0.3 is 26.2 Å². The number of hydrogen-bond acceptors (Lipinski definition) is 10. The second kappa shape index (κ2) is 9.56. The van der Waals surface area contributed by atoms with Crippen LogP contribution in [0.5, 0.6) is 5.75 Å². The quantitative estimate of drug-likeness (QED) is 0.219. The lowest BCUT2D eigenvalue weighted by atomic mass is 9.57. The molecular weight excluding hydrogens is 480 g/mol. The SMILES string of the molecule is CCNN(CC)Cc1ccc(O)c2c1C[C@H]1C[C@H]3[C@H](N(C)C)C(=O)C(C(N)=O)=C(O)[C@@]3(O)C(=O)C1=C2O. The van der Waals surface area contributed by atoms with Crippen molar-refractivity contribution in [2.75, 3.05) is 27.2 Å². The van der Waals surface area contributed by atoms with Crippen LogP contribution < -0.4 is 11.2 Å². The van der Waals surface area contributed by atoms with Gasteiger partial charge in [0, 0.05) is 31.1 Å². The van der Waals surface area contributed by atoms with Gasteiger partial charge in [0.25, 0.3) is 5.91 Å². The maximum atomic E-state index is 13.9. The zero-order valence-corrected chi connectivity index (χ0v) is 21.4. The second-order valence-electron chi connectivity index (χ2n) is 10.1. The van der Waals surface area contributed by atoms with Gasteiger partial charge in [0.05, 0.1) is 11.6 Å². The number of hydrogen-bond donors (Lipinski definition) is 6. The first kappa shape index (κ1) is 26.8. The van der Waals surface area contributed by atoms with Gasteiger partial charge in [0.15, 0.2) is 11.4 Å². The number of hydrazine groups is 1. The molecule has 7 N–H and O–H groups in total. The first-order chi connectivity index (χ1) is 17.4. The first-order valence-corrected chi connectivity index (χ1v) is 12.4. The number of ketones is 2. The number of benzene rings is 1. The van der Waals surface area contributed by atoms with Crippen molar-refractivity contribution in [3.8, 4) is 5.75 Å². The van der Waals surface area contributed by atoms with Gasteiger partial charge in [-0.1, -0.05) is 19.9 Å². The Hall–Kier alpha value is -3.25. The number of primary amides is 1. The van der Waals surface area contributed by atoms with Crippen LogP contribution in [0.3, 0.4) is 0 Å². The Morgan fingerprint density at radius 2 is 1.86 bits per heavy atom. The number of Topliss-reactive ketones (excluding diaryl/α,β-unsaturated/α-hetero) is 2. The molecule has 0 bridgehead atoms. The number of nitrogens with two attached hydrogens (primary N) is 1. The molecule has 11 heteroatoms. The summed E-state index contributed by atoms with van der Waals surface area (Å²) in [4.78, 5) is 40.6. The average molecular weight is 515 g/mol. The van der Waals surface area contributed by atoms with Crippen LogP contribution in [-0.4, -0.2) is 86.6 Å². The predicted octanol–water partition coefficient (Wildman–Crippen LogP) is 0.310. The molecule has 0 spiro atoms. The molecular formula is C26H34N4O7. The minimum Gasteiger partial charge on any atom is -0.508 e. The van der Waals surface area contributed by atoms with Crippen molar-refractivity contribution in [2.24, 2.45) is 17.6 Å². The van der Waals surface area contributed by atoms with E-state index in [0.29, 0.717) is 25.2 Å². The van der Waals surface area contributed by atoms with E-state index >= 15 is 0 Å². The summed E-state index contributed by atoms with van der Waals surface area (Å²) in [5.74, 6) is -6.54. The normalized spacial score (nSPS) is 27.5. The number of aromatic hydroxyl groups is 1. The van der Waals surface area contributed by atoms with Crippen LogP contribution in [0.2, 0.25) is 0 Å². The van der Waals surface area contributed by atoms with Gasteiger partial charge in [-0.25, -0.2) is 5.01 Å². The van der Waals surface area contributed by atoms with E-state index in [0.717, 1.165) is 5.56 Å². The van der Waals surface area contributed by atoms with E-state index < -0.39 is 58.0 Å². The van der Waals surface area contributed by atoms with Gasteiger partial charge in [-0.15, -0.1) is 0 Å². The number of likely N-dealkylation sites (N-methyl/N-ethyl adjacent to an activating group) is 1. The third-order valence-corrected chi connectivity index (χ3v) is 7.83. The molecule has 3 aliphatic carbocycles. The molecule has 0 radical (unpaired) electrons. The molecule has 0 saturated heterocycles. The number of aliphatic hydroxyl groups is 3. The molecule has 0 aliphatic heterocycles. The molecule has 4 atom stereocenters. The topological polar surface area (TPSA) is 177 Å². The molecule has 11 nitrogen and oxygen atoms in total. The highest BCUT2D eigenvalue weighted by Crippen LogP contribution is 2.52. The lowest BCUT2D eigenvalue weighted by Gasteiger charge is -2.50. The minimum absolute atomic E-state index is 0.0611. The molecule has 37 heavy (non-hydrogen) atoms. The van der Waals surface area contributed by atoms with E-state index in [2.05, 4.69) is 5.43 Å². The van der Waals surface area contributed by atoms with Crippen molar-refractivity contribution in [1.29, 1.82) is 0 Å². The highest BCUT2D eigenvalue weighted by Gasteiger charge is 2.64. The van der Waals surface area contributed by atoms with Gasteiger partial charge in [-0.05, 0) is 50.0 Å². The zero-order chi connectivity index (χ0) is 27.4. The number of aliphatic hydroxyl groups excluding tert-OH is 2. The summed E-state index contributed by atoms with van der Waals surface area (Å²) in [6.45, 7) is 5.87.